The Morgan fingerprint density at radius 2 is 1.73 bits per heavy atom. The van der Waals surface area contributed by atoms with E-state index in [-0.39, 0.29) is 31.4 Å². The molecule has 0 bridgehead atoms. The Hall–Kier alpha value is -3.14. The second kappa shape index (κ2) is 11.6. The van der Waals surface area contributed by atoms with Crippen LogP contribution >= 0.6 is 11.6 Å². The fraction of sp³-hybridized carbons (Fsp3) is 0.348. The molecule has 1 aliphatic rings. The van der Waals surface area contributed by atoms with E-state index in [2.05, 4.69) is 16.0 Å². The van der Waals surface area contributed by atoms with Crippen LogP contribution in [-0.2, 0) is 14.3 Å². The largest absolute Gasteiger partial charge is 0.391 e. The molecule has 0 aliphatic carbocycles. The number of nitrogens with one attached hydrogen (secondary N) is 3. The van der Waals surface area contributed by atoms with E-state index < -0.39 is 18.1 Å². The summed E-state index contributed by atoms with van der Waals surface area (Å²) in [6.07, 6.45) is -0.718. The van der Waals surface area contributed by atoms with Gasteiger partial charge < -0.3 is 30.7 Å². The van der Waals surface area contributed by atoms with Gasteiger partial charge in [-0.05, 0) is 55.0 Å². The Morgan fingerprint density at radius 3 is 2.39 bits per heavy atom. The van der Waals surface area contributed by atoms with Gasteiger partial charge in [0.25, 0.3) is 5.91 Å². The highest BCUT2D eigenvalue weighted by molar-refractivity contribution is 6.30. The van der Waals surface area contributed by atoms with Crippen molar-refractivity contribution in [2.24, 2.45) is 5.92 Å². The van der Waals surface area contributed by atoms with Crippen molar-refractivity contribution in [2.45, 2.75) is 19.4 Å². The van der Waals surface area contributed by atoms with Crippen LogP contribution in [0.4, 0.5) is 21.9 Å². The SMILES string of the molecule is C[C@H](C[C@@H](O)CNC(=O)Nc1ccc(Cl)cc1)C(=O)Nc1ccc(N2CCOCC2=O)cc1. The molecule has 2 atom stereocenters. The standard InChI is InChI=1S/C23H27ClN4O5/c1-15(12-20(29)13-25-23(32)27-18-4-2-16(24)3-5-18)22(31)26-17-6-8-19(9-7-17)28-10-11-33-14-21(28)30/h2-9,15,20,29H,10-14H2,1H3,(H,26,31)(H2,25,27,32)/t15-,20-/m1/s1. The number of carbonyl (C=O) groups excluding carboxylic acids is 3. The van der Waals surface area contributed by atoms with Gasteiger partial charge in [0, 0.05) is 41.1 Å². The molecular weight excluding hydrogens is 448 g/mol. The predicted molar refractivity (Wildman–Crippen MR) is 127 cm³/mol. The number of urea groups is 1. The summed E-state index contributed by atoms with van der Waals surface area (Å²) in [7, 11) is 0. The van der Waals surface area contributed by atoms with Gasteiger partial charge in [0.15, 0.2) is 0 Å². The number of benzene rings is 2. The van der Waals surface area contributed by atoms with Crippen molar-refractivity contribution in [1.29, 1.82) is 0 Å². The molecule has 2 aromatic rings. The van der Waals surface area contributed by atoms with Crippen molar-refractivity contribution in [3.63, 3.8) is 0 Å². The van der Waals surface area contributed by atoms with E-state index in [0.717, 1.165) is 5.69 Å². The van der Waals surface area contributed by atoms with Crippen LogP contribution in [-0.4, -0.2) is 55.4 Å². The third kappa shape index (κ3) is 7.45. The fourth-order valence-electron chi connectivity index (χ4n) is 3.30. The van der Waals surface area contributed by atoms with Crippen molar-refractivity contribution in [2.75, 3.05) is 41.8 Å². The maximum atomic E-state index is 12.5. The number of halogens is 1. The first-order valence-corrected chi connectivity index (χ1v) is 11.0. The van der Waals surface area contributed by atoms with Gasteiger partial charge in [-0.3, -0.25) is 9.59 Å². The first-order valence-electron chi connectivity index (χ1n) is 10.6. The minimum Gasteiger partial charge on any atom is -0.391 e. The van der Waals surface area contributed by atoms with Crippen molar-refractivity contribution in [3.8, 4) is 0 Å². The normalized spacial score (nSPS) is 15.5. The van der Waals surface area contributed by atoms with E-state index in [1.165, 1.54) is 0 Å². The summed E-state index contributed by atoms with van der Waals surface area (Å²) in [6.45, 7) is 2.75. The summed E-state index contributed by atoms with van der Waals surface area (Å²) in [5, 5.41) is 18.8. The minimum atomic E-state index is -0.892. The number of rotatable bonds is 8. The Morgan fingerprint density at radius 1 is 1.09 bits per heavy atom. The Balaban J connectivity index is 1.41. The lowest BCUT2D eigenvalue weighted by atomic mass is 10.0. The van der Waals surface area contributed by atoms with E-state index in [4.69, 9.17) is 16.3 Å². The lowest BCUT2D eigenvalue weighted by Crippen LogP contribution is -2.41. The molecule has 1 fully saturated rings. The molecule has 0 aromatic heterocycles. The molecule has 0 unspecified atom stereocenters. The van der Waals surface area contributed by atoms with Gasteiger partial charge >= 0.3 is 6.03 Å². The number of hydrogen-bond acceptors (Lipinski definition) is 5. The Bertz CT molecular complexity index is 968. The average molecular weight is 475 g/mol. The molecule has 0 spiro atoms. The number of aliphatic hydroxyl groups excluding tert-OH is 1. The van der Waals surface area contributed by atoms with Crippen LogP contribution in [0.5, 0.6) is 0 Å². The summed E-state index contributed by atoms with van der Waals surface area (Å²) in [6, 6.07) is 13.1. The number of nitrogens with zero attached hydrogens (tertiary/aromatic N) is 1. The van der Waals surface area contributed by atoms with Crippen molar-refractivity contribution >= 4 is 46.5 Å². The summed E-state index contributed by atoms with van der Waals surface area (Å²) in [5.41, 5.74) is 1.90. The molecule has 33 heavy (non-hydrogen) atoms. The monoisotopic (exact) mass is 474 g/mol. The van der Waals surface area contributed by atoms with Crippen molar-refractivity contribution in [1.82, 2.24) is 5.32 Å². The number of carbonyl (C=O) groups is 3. The first-order chi connectivity index (χ1) is 15.8. The van der Waals surface area contributed by atoms with E-state index in [1.54, 1.807) is 60.4 Å². The van der Waals surface area contributed by atoms with E-state index in [1.807, 2.05) is 0 Å². The van der Waals surface area contributed by atoms with E-state index in [0.29, 0.717) is 29.5 Å². The summed E-state index contributed by atoms with van der Waals surface area (Å²) >= 11 is 5.81. The van der Waals surface area contributed by atoms with E-state index >= 15 is 0 Å². The smallest absolute Gasteiger partial charge is 0.319 e. The van der Waals surface area contributed by atoms with Crippen LogP contribution in [0.25, 0.3) is 0 Å². The molecule has 9 nitrogen and oxygen atoms in total. The zero-order valence-corrected chi connectivity index (χ0v) is 19.0. The fourth-order valence-corrected chi connectivity index (χ4v) is 3.42. The Labute approximate surface area is 197 Å². The summed E-state index contributed by atoms with van der Waals surface area (Å²) in [4.78, 5) is 38.0. The molecule has 0 saturated carbocycles. The maximum Gasteiger partial charge on any atom is 0.319 e. The van der Waals surface area contributed by atoms with Gasteiger partial charge in [0.05, 0.1) is 12.7 Å². The molecular formula is C23H27ClN4O5. The molecule has 0 radical (unpaired) electrons. The van der Waals surface area contributed by atoms with Crippen molar-refractivity contribution in [3.05, 3.63) is 53.6 Å². The number of morpholine rings is 1. The lowest BCUT2D eigenvalue weighted by molar-refractivity contribution is -0.125. The van der Waals surface area contributed by atoms with Crippen LogP contribution < -0.4 is 20.9 Å². The zero-order chi connectivity index (χ0) is 23.8. The topological polar surface area (TPSA) is 120 Å². The molecule has 1 aliphatic heterocycles. The van der Waals surface area contributed by atoms with Gasteiger partial charge in [-0.1, -0.05) is 18.5 Å². The first kappa shape index (κ1) is 24.5. The van der Waals surface area contributed by atoms with Crippen LogP contribution in [0.2, 0.25) is 5.02 Å². The Kier molecular flexibility index (Phi) is 8.65. The van der Waals surface area contributed by atoms with Gasteiger partial charge in [0.2, 0.25) is 5.91 Å². The molecule has 3 rings (SSSR count). The van der Waals surface area contributed by atoms with Crippen LogP contribution in [0.15, 0.2) is 48.5 Å². The van der Waals surface area contributed by atoms with Crippen LogP contribution in [0.3, 0.4) is 0 Å². The van der Waals surface area contributed by atoms with Gasteiger partial charge in [-0.15, -0.1) is 0 Å². The summed E-state index contributed by atoms with van der Waals surface area (Å²) < 4.78 is 5.13. The average Bonchev–Trinajstić information content (AvgIpc) is 2.80. The third-order valence-corrected chi connectivity index (χ3v) is 5.36. The number of ether oxygens (including phenoxy) is 1. The number of amides is 4. The molecule has 10 heteroatoms. The number of hydrogen-bond donors (Lipinski definition) is 4. The number of anilines is 3. The molecule has 4 N–H and O–H groups in total. The second-order valence-corrected chi connectivity index (χ2v) is 8.20. The predicted octanol–water partition coefficient (Wildman–Crippen LogP) is 2.85. The highest BCUT2D eigenvalue weighted by Crippen LogP contribution is 2.20. The highest BCUT2D eigenvalue weighted by Gasteiger charge is 2.21. The second-order valence-electron chi connectivity index (χ2n) is 7.77. The minimum absolute atomic E-state index is 0.000677. The van der Waals surface area contributed by atoms with Crippen LogP contribution in [0, 0.1) is 5.92 Å². The molecule has 2 aromatic carbocycles. The third-order valence-electron chi connectivity index (χ3n) is 5.11. The molecule has 4 amide bonds. The quantitative estimate of drug-likeness (QED) is 0.469. The lowest BCUT2D eigenvalue weighted by Gasteiger charge is -2.27. The molecule has 176 valence electrons. The van der Waals surface area contributed by atoms with E-state index in [9.17, 15) is 19.5 Å². The highest BCUT2D eigenvalue weighted by atomic mass is 35.5. The van der Waals surface area contributed by atoms with Crippen LogP contribution in [0.1, 0.15) is 13.3 Å². The number of aliphatic hydroxyl groups is 1. The van der Waals surface area contributed by atoms with Gasteiger partial charge in [0.1, 0.15) is 6.61 Å². The molecule has 1 saturated heterocycles. The van der Waals surface area contributed by atoms with Crippen molar-refractivity contribution < 1.29 is 24.2 Å². The zero-order valence-electron chi connectivity index (χ0n) is 18.2. The molecule has 1 heterocycles. The summed E-state index contributed by atoms with van der Waals surface area (Å²) in [5.74, 6) is -0.840. The van der Waals surface area contributed by atoms with Gasteiger partial charge in [-0.25, -0.2) is 4.79 Å². The van der Waals surface area contributed by atoms with Gasteiger partial charge in [-0.2, -0.15) is 0 Å². The maximum absolute atomic E-state index is 12.5.